The van der Waals surface area contributed by atoms with E-state index in [-0.39, 0.29) is 0 Å². The van der Waals surface area contributed by atoms with Crippen molar-refractivity contribution in [1.29, 1.82) is 0 Å². The molecule has 0 amide bonds. The number of hydrogen-bond donors (Lipinski definition) is 1. The van der Waals surface area contributed by atoms with Crippen LogP contribution in [0.4, 0.5) is 0 Å². The molecule has 0 aromatic heterocycles. The Morgan fingerprint density at radius 1 is 0.415 bits per heavy atom. The zero-order valence-corrected chi connectivity index (χ0v) is 29.4. The number of hydrogen-bond acceptors (Lipinski definition) is 3. The molecule has 0 rings (SSSR count). The summed E-state index contributed by atoms with van der Waals surface area (Å²) in [7, 11) is 0. The van der Waals surface area contributed by atoms with Gasteiger partial charge in [-0.1, -0.05) is 181 Å². The largest absolute Gasteiger partial charge is 0.431 e. The first-order chi connectivity index (χ1) is 20.1. The number of unbranched alkanes of at least 4 members (excludes halogenated alkanes) is 28. The lowest BCUT2D eigenvalue weighted by Crippen LogP contribution is -1.85. The third-order valence-corrected chi connectivity index (χ3v) is 9.32. The van der Waals surface area contributed by atoms with Crippen LogP contribution < -0.4 is 0 Å². The molecule has 0 unspecified atom stereocenters. The standard InChI is InChI=1S/C36H71O3PS/c1-3-5-7-9-11-13-15-17-19-21-23-25-27-29-31-33-35-38-40(37,41)39-36-34-32-30-28-26-24-22-20-18-16-14-12-10-8-6-4-2/h33-36H,3-32H2,1-2H3,(H,37,41)/b35-33+,36-34+. The minimum Gasteiger partial charge on any atom is -0.424 e. The zero-order chi connectivity index (χ0) is 30.0. The Labute approximate surface area is 263 Å². The molecular weight excluding hydrogens is 543 g/mol. The van der Waals surface area contributed by atoms with Gasteiger partial charge in [-0.05, 0) is 37.8 Å². The van der Waals surface area contributed by atoms with Gasteiger partial charge in [0.25, 0.3) is 0 Å². The maximum atomic E-state index is 10.1. The van der Waals surface area contributed by atoms with E-state index in [9.17, 15) is 4.89 Å². The summed E-state index contributed by atoms with van der Waals surface area (Å²) in [5.41, 5.74) is 0. The molecule has 244 valence electrons. The Hall–Kier alpha value is -0.310. The second-order valence-corrected chi connectivity index (χ2v) is 14.9. The molecule has 0 heterocycles. The van der Waals surface area contributed by atoms with Crippen molar-refractivity contribution in [3.05, 3.63) is 24.7 Å². The lowest BCUT2D eigenvalue weighted by molar-refractivity contribution is 0.316. The van der Waals surface area contributed by atoms with Crippen LogP contribution in [-0.4, -0.2) is 4.89 Å². The Balaban J connectivity index is 3.41. The van der Waals surface area contributed by atoms with Crippen molar-refractivity contribution in [2.75, 3.05) is 0 Å². The molecule has 3 nitrogen and oxygen atoms in total. The highest BCUT2D eigenvalue weighted by atomic mass is 32.5. The van der Waals surface area contributed by atoms with E-state index >= 15 is 0 Å². The van der Waals surface area contributed by atoms with Gasteiger partial charge in [-0.15, -0.1) is 0 Å². The smallest absolute Gasteiger partial charge is 0.424 e. The summed E-state index contributed by atoms with van der Waals surface area (Å²) in [6.07, 6.45) is 47.3. The van der Waals surface area contributed by atoms with Crippen molar-refractivity contribution < 1.29 is 13.9 Å². The molecule has 0 aliphatic carbocycles. The molecule has 0 fully saturated rings. The average molecular weight is 615 g/mol. The quantitative estimate of drug-likeness (QED) is 0.0444. The fourth-order valence-electron chi connectivity index (χ4n) is 5.31. The van der Waals surface area contributed by atoms with Crippen LogP contribution in [0.2, 0.25) is 0 Å². The predicted octanol–water partition coefficient (Wildman–Crippen LogP) is 14.0. The molecule has 0 saturated heterocycles. The summed E-state index contributed by atoms with van der Waals surface area (Å²) in [4.78, 5) is 10.1. The van der Waals surface area contributed by atoms with Crippen LogP contribution in [0.1, 0.15) is 206 Å². The van der Waals surface area contributed by atoms with E-state index in [1.807, 2.05) is 12.2 Å². The van der Waals surface area contributed by atoms with Crippen molar-refractivity contribution in [2.24, 2.45) is 0 Å². The summed E-state index contributed by atoms with van der Waals surface area (Å²) in [6, 6.07) is 0. The van der Waals surface area contributed by atoms with Gasteiger partial charge in [-0.2, -0.15) is 0 Å². The van der Waals surface area contributed by atoms with Crippen LogP contribution in [0.5, 0.6) is 0 Å². The first-order valence-corrected chi connectivity index (χ1v) is 20.7. The van der Waals surface area contributed by atoms with Gasteiger partial charge in [0.15, 0.2) is 0 Å². The third-order valence-electron chi connectivity index (χ3n) is 8.03. The molecule has 0 aliphatic rings. The average Bonchev–Trinajstić information content (AvgIpc) is 2.96. The van der Waals surface area contributed by atoms with E-state index in [4.69, 9.17) is 20.9 Å². The van der Waals surface area contributed by atoms with E-state index < -0.39 is 6.72 Å². The van der Waals surface area contributed by atoms with Gasteiger partial charge in [0.1, 0.15) is 0 Å². The Morgan fingerprint density at radius 3 is 0.878 bits per heavy atom. The van der Waals surface area contributed by atoms with E-state index in [0.717, 1.165) is 25.7 Å². The molecule has 41 heavy (non-hydrogen) atoms. The Bertz CT molecular complexity index is 560. The van der Waals surface area contributed by atoms with Crippen molar-refractivity contribution >= 4 is 18.5 Å². The monoisotopic (exact) mass is 614 g/mol. The predicted molar refractivity (Wildman–Crippen MR) is 187 cm³/mol. The van der Waals surface area contributed by atoms with Gasteiger partial charge in [0, 0.05) is 11.8 Å². The van der Waals surface area contributed by atoms with Gasteiger partial charge in [-0.3, -0.25) is 0 Å². The van der Waals surface area contributed by atoms with Gasteiger partial charge in [-0.25, -0.2) is 0 Å². The number of allylic oxidation sites excluding steroid dienone is 2. The van der Waals surface area contributed by atoms with Crippen LogP contribution in [0, 0.1) is 0 Å². The Morgan fingerprint density at radius 2 is 0.634 bits per heavy atom. The van der Waals surface area contributed by atoms with Gasteiger partial charge >= 0.3 is 6.72 Å². The summed E-state index contributed by atoms with van der Waals surface area (Å²) in [5, 5.41) is 0. The Kier molecular flexibility index (Phi) is 33.9. The lowest BCUT2D eigenvalue weighted by atomic mass is 10.0. The van der Waals surface area contributed by atoms with Crippen molar-refractivity contribution in [3.8, 4) is 0 Å². The summed E-state index contributed by atoms with van der Waals surface area (Å²) >= 11 is 5.08. The van der Waals surface area contributed by atoms with E-state index in [1.54, 1.807) is 0 Å². The molecule has 0 aromatic rings. The second kappa shape index (κ2) is 34.2. The first kappa shape index (κ1) is 40.7. The molecule has 0 radical (unpaired) electrons. The lowest BCUT2D eigenvalue weighted by Gasteiger charge is -2.11. The molecule has 0 saturated carbocycles. The molecule has 0 spiro atoms. The van der Waals surface area contributed by atoms with Crippen LogP contribution in [0.25, 0.3) is 0 Å². The molecule has 5 heteroatoms. The normalized spacial score (nSPS) is 12.2. The zero-order valence-electron chi connectivity index (χ0n) is 27.6. The fraction of sp³-hybridized carbons (Fsp3) is 0.889. The minimum atomic E-state index is -3.21. The number of rotatable bonds is 34. The van der Waals surface area contributed by atoms with Crippen molar-refractivity contribution in [1.82, 2.24) is 0 Å². The maximum absolute atomic E-state index is 10.1. The van der Waals surface area contributed by atoms with Gasteiger partial charge in [0.05, 0.1) is 12.5 Å². The van der Waals surface area contributed by atoms with Crippen LogP contribution in [0.15, 0.2) is 24.7 Å². The van der Waals surface area contributed by atoms with Crippen molar-refractivity contribution in [2.45, 2.75) is 206 Å². The first-order valence-electron chi connectivity index (χ1n) is 18.1. The molecule has 0 atom stereocenters. The SMILES string of the molecule is CCCCCCCCCCCCCCCC/C=C/OP(O)(=S)O/C=C/CCCCCCCCCCCCCCCC. The fourth-order valence-corrected chi connectivity index (χ4v) is 6.14. The summed E-state index contributed by atoms with van der Waals surface area (Å²) in [5.74, 6) is 0. The van der Waals surface area contributed by atoms with Gasteiger partial charge in [0.2, 0.25) is 0 Å². The van der Waals surface area contributed by atoms with Crippen molar-refractivity contribution in [3.63, 3.8) is 0 Å². The minimum absolute atomic E-state index is 0.961. The molecular formula is C36H71O3PS. The maximum Gasteiger partial charge on any atom is 0.431 e. The highest BCUT2D eigenvalue weighted by molar-refractivity contribution is 8.07. The highest BCUT2D eigenvalue weighted by Gasteiger charge is 2.12. The second-order valence-electron chi connectivity index (χ2n) is 12.2. The topological polar surface area (TPSA) is 38.7 Å². The molecule has 1 N–H and O–H groups in total. The molecule has 0 aromatic carbocycles. The van der Waals surface area contributed by atoms with Crippen LogP contribution in [-0.2, 0) is 20.9 Å². The van der Waals surface area contributed by atoms with Crippen LogP contribution >= 0.6 is 6.72 Å². The molecule has 0 aliphatic heterocycles. The van der Waals surface area contributed by atoms with E-state index in [2.05, 4.69) is 13.8 Å². The molecule has 0 bridgehead atoms. The third kappa shape index (κ3) is 35.8. The summed E-state index contributed by atoms with van der Waals surface area (Å²) in [6.45, 7) is 1.35. The highest BCUT2D eigenvalue weighted by Crippen LogP contribution is 2.44. The van der Waals surface area contributed by atoms with Gasteiger partial charge < -0.3 is 13.9 Å². The van der Waals surface area contributed by atoms with E-state index in [0.29, 0.717) is 0 Å². The van der Waals surface area contributed by atoms with Crippen LogP contribution in [0.3, 0.4) is 0 Å². The summed E-state index contributed by atoms with van der Waals surface area (Å²) < 4.78 is 10.6. The van der Waals surface area contributed by atoms with E-state index in [1.165, 1.54) is 179 Å².